The molecule has 0 atom stereocenters. The topological polar surface area (TPSA) is 93.9 Å². The molecule has 0 radical (unpaired) electrons. The van der Waals surface area contributed by atoms with E-state index in [0.29, 0.717) is 18.8 Å². The van der Waals surface area contributed by atoms with E-state index in [4.69, 9.17) is 9.15 Å². The Hall–Kier alpha value is -2.71. The van der Waals surface area contributed by atoms with Crippen molar-refractivity contribution >= 4 is 27.9 Å². The summed E-state index contributed by atoms with van der Waals surface area (Å²) in [5.74, 6) is 0.148. The molecule has 1 aromatic heterocycles. The van der Waals surface area contributed by atoms with Crippen LogP contribution in [-0.4, -0.2) is 44.2 Å². The van der Waals surface area contributed by atoms with E-state index in [9.17, 15) is 18.0 Å². The third-order valence-corrected chi connectivity index (χ3v) is 6.53. The number of ketones is 1. The van der Waals surface area contributed by atoms with Crippen LogP contribution in [0.4, 0.5) is 0 Å². The van der Waals surface area contributed by atoms with Gasteiger partial charge in [-0.3, -0.25) is 4.79 Å². The highest BCUT2D eigenvalue weighted by molar-refractivity contribution is 7.89. The van der Waals surface area contributed by atoms with Crippen molar-refractivity contribution in [2.75, 3.05) is 19.7 Å². The van der Waals surface area contributed by atoms with Crippen molar-refractivity contribution in [2.45, 2.75) is 31.1 Å². The summed E-state index contributed by atoms with van der Waals surface area (Å²) in [5, 5.41) is 0. The van der Waals surface area contributed by atoms with Crippen molar-refractivity contribution in [2.24, 2.45) is 0 Å². The molecule has 0 N–H and O–H groups in total. The third kappa shape index (κ3) is 5.42. The van der Waals surface area contributed by atoms with Gasteiger partial charge >= 0.3 is 5.97 Å². The highest BCUT2D eigenvalue weighted by atomic mass is 32.2. The maximum absolute atomic E-state index is 12.6. The molecule has 0 bridgehead atoms. The second-order valence-corrected chi connectivity index (χ2v) is 8.74. The molecule has 0 saturated carbocycles. The summed E-state index contributed by atoms with van der Waals surface area (Å²) in [6.45, 7) is 2.39. The number of Topliss-reactive ketones (excluding diaryl/α,β-unsaturated/α-hetero) is 1. The second-order valence-electron chi connectivity index (χ2n) is 6.80. The second kappa shape index (κ2) is 9.19. The van der Waals surface area contributed by atoms with E-state index in [1.165, 1.54) is 40.7 Å². The summed E-state index contributed by atoms with van der Waals surface area (Å²) in [5.41, 5.74) is 0.279. The third-order valence-electron chi connectivity index (χ3n) is 4.62. The maximum atomic E-state index is 12.6. The van der Waals surface area contributed by atoms with E-state index < -0.39 is 28.4 Å². The Balaban J connectivity index is 1.56. The average molecular weight is 417 g/mol. The van der Waals surface area contributed by atoms with Gasteiger partial charge in [-0.25, -0.2) is 13.2 Å². The zero-order chi connectivity index (χ0) is 20.9. The molecule has 1 aliphatic rings. The lowest BCUT2D eigenvalue weighted by molar-refractivity contribution is -0.136. The minimum absolute atomic E-state index is 0.157. The number of benzene rings is 1. The number of esters is 1. The SMILES string of the molecule is Cc1ccc(C=CC(=O)OCC(=O)c2ccc(S(=O)(=O)N3CCCCC3)cc2)o1. The van der Waals surface area contributed by atoms with E-state index in [-0.39, 0.29) is 10.5 Å². The monoisotopic (exact) mass is 417 g/mol. The first-order valence-electron chi connectivity index (χ1n) is 9.41. The van der Waals surface area contributed by atoms with Crippen molar-refractivity contribution in [3.8, 4) is 0 Å². The van der Waals surface area contributed by atoms with E-state index in [0.717, 1.165) is 25.0 Å². The molecule has 3 rings (SSSR count). The highest BCUT2D eigenvalue weighted by Gasteiger charge is 2.25. The molecule has 0 unspecified atom stereocenters. The van der Waals surface area contributed by atoms with Crippen LogP contribution in [-0.2, 0) is 19.6 Å². The number of sulfonamides is 1. The number of ether oxygens (including phenoxy) is 1. The molecule has 8 heteroatoms. The number of nitrogens with zero attached hydrogens (tertiary/aromatic N) is 1. The highest BCUT2D eigenvalue weighted by Crippen LogP contribution is 2.21. The van der Waals surface area contributed by atoms with Crippen molar-refractivity contribution < 1.29 is 27.2 Å². The lowest BCUT2D eigenvalue weighted by Crippen LogP contribution is -2.35. The molecule has 154 valence electrons. The summed E-state index contributed by atoms with van der Waals surface area (Å²) in [4.78, 5) is 24.1. The Morgan fingerprint density at radius 3 is 2.38 bits per heavy atom. The number of hydrogen-bond donors (Lipinski definition) is 0. The molecule has 0 aliphatic carbocycles. The number of piperidine rings is 1. The van der Waals surface area contributed by atoms with Gasteiger partial charge in [-0.2, -0.15) is 4.31 Å². The summed E-state index contributed by atoms with van der Waals surface area (Å²) >= 11 is 0. The molecule has 1 aromatic carbocycles. The fraction of sp³-hybridized carbons (Fsp3) is 0.333. The number of rotatable bonds is 7. The predicted octanol–water partition coefficient (Wildman–Crippen LogP) is 3.20. The van der Waals surface area contributed by atoms with Gasteiger partial charge in [0.25, 0.3) is 0 Å². The molecule has 1 fully saturated rings. The van der Waals surface area contributed by atoms with Gasteiger partial charge in [-0.15, -0.1) is 0 Å². The van der Waals surface area contributed by atoms with Gasteiger partial charge in [0.1, 0.15) is 11.5 Å². The first-order chi connectivity index (χ1) is 13.9. The summed E-state index contributed by atoms with van der Waals surface area (Å²) in [7, 11) is -3.54. The smallest absolute Gasteiger partial charge is 0.331 e. The molecule has 29 heavy (non-hydrogen) atoms. The number of carbonyl (C=O) groups excluding carboxylic acids is 2. The summed E-state index contributed by atoms with van der Waals surface area (Å²) < 4.78 is 37.0. The lowest BCUT2D eigenvalue weighted by Gasteiger charge is -2.25. The molecule has 0 spiro atoms. The number of furan rings is 1. The number of carbonyl (C=O) groups is 2. The molecule has 7 nitrogen and oxygen atoms in total. The first kappa shape index (κ1) is 21.0. The van der Waals surface area contributed by atoms with Crippen LogP contribution in [0.3, 0.4) is 0 Å². The summed E-state index contributed by atoms with van der Waals surface area (Å²) in [6.07, 6.45) is 5.39. The Morgan fingerprint density at radius 2 is 1.76 bits per heavy atom. The molecule has 1 aliphatic heterocycles. The van der Waals surface area contributed by atoms with Crippen molar-refractivity contribution in [3.63, 3.8) is 0 Å². The van der Waals surface area contributed by atoms with Gasteiger partial charge in [-0.05, 0) is 62.2 Å². The van der Waals surface area contributed by atoms with E-state index in [1.807, 2.05) is 0 Å². The van der Waals surface area contributed by atoms with Crippen LogP contribution in [0.25, 0.3) is 6.08 Å². The van der Waals surface area contributed by atoms with Crippen LogP contribution >= 0.6 is 0 Å². The zero-order valence-corrected chi connectivity index (χ0v) is 17.0. The van der Waals surface area contributed by atoms with Gasteiger partial charge in [0.15, 0.2) is 12.4 Å². The predicted molar refractivity (Wildman–Crippen MR) is 107 cm³/mol. The standard InChI is InChI=1S/C21H23NO6S/c1-16-5-8-18(28-16)9-12-21(24)27-15-20(23)17-6-10-19(11-7-17)29(25,26)22-13-3-2-4-14-22/h5-12H,2-4,13-15H2,1H3. The molecular formula is C21H23NO6S. The Bertz CT molecular complexity index is 998. The molecule has 2 heterocycles. The maximum Gasteiger partial charge on any atom is 0.331 e. The van der Waals surface area contributed by atoms with Crippen LogP contribution in [0.15, 0.2) is 51.8 Å². The minimum Gasteiger partial charge on any atom is -0.462 e. The molecular weight excluding hydrogens is 394 g/mol. The van der Waals surface area contributed by atoms with Gasteiger partial charge in [-0.1, -0.05) is 6.42 Å². The normalized spacial score (nSPS) is 15.5. The Labute approximate surface area is 170 Å². The van der Waals surface area contributed by atoms with Crippen LogP contribution in [0.2, 0.25) is 0 Å². The number of hydrogen-bond acceptors (Lipinski definition) is 6. The fourth-order valence-electron chi connectivity index (χ4n) is 3.03. The summed E-state index contributed by atoms with van der Waals surface area (Å²) in [6, 6.07) is 9.19. The molecule has 2 aromatic rings. The zero-order valence-electron chi connectivity index (χ0n) is 16.2. The van der Waals surface area contributed by atoms with Gasteiger partial charge in [0.2, 0.25) is 10.0 Å². The van der Waals surface area contributed by atoms with Crippen LogP contribution in [0.1, 0.15) is 41.1 Å². The Morgan fingerprint density at radius 1 is 1.07 bits per heavy atom. The van der Waals surface area contributed by atoms with E-state index >= 15 is 0 Å². The average Bonchev–Trinajstić information content (AvgIpc) is 3.16. The largest absolute Gasteiger partial charge is 0.462 e. The van der Waals surface area contributed by atoms with Crippen molar-refractivity contribution in [1.82, 2.24) is 4.31 Å². The van der Waals surface area contributed by atoms with E-state index in [1.54, 1.807) is 19.1 Å². The van der Waals surface area contributed by atoms with Crippen molar-refractivity contribution in [1.29, 1.82) is 0 Å². The van der Waals surface area contributed by atoms with Crippen LogP contribution in [0, 0.1) is 6.92 Å². The van der Waals surface area contributed by atoms with Gasteiger partial charge in [0, 0.05) is 24.7 Å². The quantitative estimate of drug-likeness (QED) is 0.390. The van der Waals surface area contributed by atoms with Crippen molar-refractivity contribution in [3.05, 3.63) is 59.6 Å². The van der Waals surface area contributed by atoms with Gasteiger partial charge in [0.05, 0.1) is 4.90 Å². The molecule has 0 amide bonds. The fourth-order valence-corrected chi connectivity index (χ4v) is 4.55. The Kier molecular flexibility index (Phi) is 6.66. The van der Waals surface area contributed by atoms with E-state index in [2.05, 4.69) is 0 Å². The molecule has 1 saturated heterocycles. The number of aryl methyl sites for hydroxylation is 1. The lowest BCUT2D eigenvalue weighted by atomic mass is 10.1. The minimum atomic E-state index is -3.54. The van der Waals surface area contributed by atoms with Crippen LogP contribution < -0.4 is 0 Å². The van der Waals surface area contributed by atoms with Gasteiger partial charge < -0.3 is 9.15 Å². The van der Waals surface area contributed by atoms with Crippen LogP contribution in [0.5, 0.6) is 0 Å². The first-order valence-corrected chi connectivity index (χ1v) is 10.8.